The quantitative estimate of drug-likeness (QED) is 0.480. The van der Waals surface area contributed by atoms with Gasteiger partial charge in [-0.25, -0.2) is 4.79 Å². The van der Waals surface area contributed by atoms with Crippen LogP contribution in [0.15, 0.2) is 66.9 Å². The van der Waals surface area contributed by atoms with E-state index in [1.54, 1.807) is 12.1 Å². The van der Waals surface area contributed by atoms with Crippen molar-refractivity contribution in [3.8, 4) is 11.1 Å². The van der Waals surface area contributed by atoms with E-state index < -0.39 is 12.1 Å². The number of carboxylic acids is 1. The lowest BCUT2D eigenvalue weighted by Crippen LogP contribution is -2.47. The first-order chi connectivity index (χ1) is 17.0. The van der Waals surface area contributed by atoms with Gasteiger partial charge in [0.15, 0.2) is 0 Å². The van der Waals surface area contributed by atoms with Crippen molar-refractivity contribution in [2.45, 2.75) is 31.2 Å². The van der Waals surface area contributed by atoms with Gasteiger partial charge in [0.2, 0.25) is 5.91 Å². The summed E-state index contributed by atoms with van der Waals surface area (Å²) in [4.78, 5) is 39.7. The van der Waals surface area contributed by atoms with Gasteiger partial charge in [0, 0.05) is 17.7 Å². The molecule has 1 heterocycles. The van der Waals surface area contributed by atoms with Gasteiger partial charge in [0.25, 0.3) is 0 Å². The Morgan fingerprint density at radius 3 is 2.20 bits per heavy atom. The molecule has 35 heavy (non-hydrogen) atoms. The zero-order valence-corrected chi connectivity index (χ0v) is 18.9. The standard InChI is InChI=1S/C27H25N3O5/c31-25(29-19-11-16(12-19)26(32)33)13-17-9-10-18(14-28-17)30-27(34)35-15-24-22-7-3-1-5-20(22)21-6-2-4-8-23(21)24/h1-10,14,16,19,24H,11-13,15H2,(H,29,31)(H,30,34)(H,32,33). The fraction of sp³-hybridized carbons (Fsp3) is 0.259. The van der Waals surface area contributed by atoms with Crippen molar-refractivity contribution in [2.24, 2.45) is 5.92 Å². The molecule has 1 aromatic heterocycles. The smallest absolute Gasteiger partial charge is 0.411 e. The Morgan fingerprint density at radius 2 is 1.60 bits per heavy atom. The van der Waals surface area contributed by atoms with E-state index >= 15 is 0 Å². The molecule has 2 aromatic carbocycles. The van der Waals surface area contributed by atoms with Crippen LogP contribution < -0.4 is 10.6 Å². The summed E-state index contributed by atoms with van der Waals surface area (Å²) in [6, 6.07) is 19.5. The van der Waals surface area contributed by atoms with Gasteiger partial charge in [-0.3, -0.25) is 19.9 Å². The number of rotatable bonds is 7. The SMILES string of the molecule is O=C(Cc1ccc(NC(=O)OCC2c3ccccc3-c3ccccc32)cn1)NC1CC(C(=O)O)C1. The average Bonchev–Trinajstić information content (AvgIpc) is 3.14. The van der Waals surface area contributed by atoms with E-state index in [-0.39, 0.29) is 36.8 Å². The summed E-state index contributed by atoms with van der Waals surface area (Å²) in [5.74, 6) is -1.42. The van der Waals surface area contributed by atoms with Gasteiger partial charge in [-0.1, -0.05) is 48.5 Å². The minimum Gasteiger partial charge on any atom is -0.481 e. The van der Waals surface area contributed by atoms with E-state index in [0.717, 1.165) is 11.1 Å². The summed E-state index contributed by atoms with van der Waals surface area (Å²) in [5.41, 5.74) is 5.64. The molecule has 0 aliphatic heterocycles. The number of carboxylic acid groups (broad SMARTS) is 1. The maximum Gasteiger partial charge on any atom is 0.411 e. The highest BCUT2D eigenvalue weighted by Crippen LogP contribution is 2.44. The predicted octanol–water partition coefficient (Wildman–Crippen LogP) is 3.96. The molecular weight excluding hydrogens is 446 g/mol. The maximum absolute atomic E-state index is 12.4. The topological polar surface area (TPSA) is 118 Å². The lowest BCUT2D eigenvalue weighted by molar-refractivity contribution is -0.146. The van der Waals surface area contributed by atoms with Gasteiger partial charge in [0.05, 0.1) is 24.2 Å². The van der Waals surface area contributed by atoms with Crippen molar-refractivity contribution in [1.82, 2.24) is 10.3 Å². The Kier molecular flexibility index (Phi) is 6.18. The Bertz CT molecular complexity index is 1220. The van der Waals surface area contributed by atoms with Gasteiger partial charge >= 0.3 is 12.1 Å². The second-order valence-corrected chi connectivity index (χ2v) is 8.94. The molecule has 2 amide bonds. The molecule has 0 radical (unpaired) electrons. The van der Waals surface area contributed by atoms with E-state index in [2.05, 4.69) is 39.9 Å². The lowest BCUT2D eigenvalue weighted by Gasteiger charge is -2.32. The third-order valence-electron chi connectivity index (χ3n) is 6.61. The molecule has 178 valence electrons. The zero-order valence-electron chi connectivity index (χ0n) is 18.9. The Balaban J connectivity index is 1.12. The second kappa shape index (κ2) is 9.58. The van der Waals surface area contributed by atoms with Crippen molar-refractivity contribution in [3.63, 3.8) is 0 Å². The average molecular weight is 472 g/mol. The number of fused-ring (bicyclic) bond motifs is 3. The molecule has 1 saturated carbocycles. The van der Waals surface area contributed by atoms with Crippen LogP contribution in [0, 0.1) is 5.92 Å². The number of ether oxygens (including phenoxy) is 1. The van der Waals surface area contributed by atoms with Crippen LogP contribution in [0.4, 0.5) is 10.5 Å². The van der Waals surface area contributed by atoms with Crippen molar-refractivity contribution in [1.29, 1.82) is 0 Å². The minimum absolute atomic E-state index is 0.0198. The largest absolute Gasteiger partial charge is 0.481 e. The van der Waals surface area contributed by atoms with Gasteiger partial charge in [0.1, 0.15) is 6.61 Å². The van der Waals surface area contributed by atoms with Gasteiger partial charge in [-0.2, -0.15) is 0 Å². The molecule has 5 rings (SSSR count). The fourth-order valence-electron chi connectivity index (χ4n) is 4.74. The molecule has 0 unspecified atom stereocenters. The lowest BCUT2D eigenvalue weighted by atomic mass is 9.80. The van der Waals surface area contributed by atoms with Crippen LogP contribution in [0.3, 0.4) is 0 Å². The summed E-state index contributed by atoms with van der Waals surface area (Å²) in [5, 5.41) is 14.4. The minimum atomic E-state index is -0.823. The molecule has 0 atom stereocenters. The summed E-state index contributed by atoms with van der Waals surface area (Å²) in [6.07, 6.45) is 1.90. The number of hydrogen-bond donors (Lipinski definition) is 3. The number of hydrogen-bond acceptors (Lipinski definition) is 5. The molecule has 0 spiro atoms. The highest BCUT2D eigenvalue weighted by atomic mass is 16.5. The number of anilines is 1. The fourth-order valence-corrected chi connectivity index (χ4v) is 4.74. The maximum atomic E-state index is 12.4. The summed E-state index contributed by atoms with van der Waals surface area (Å²) in [7, 11) is 0. The summed E-state index contributed by atoms with van der Waals surface area (Å²) < 4.78 is 5.54. The van der Waals surface area contributed by atoms with Crippen LogP contribution in [0.25, 0.3) is 11.1 Å². The zero-order chi connectivity index (χ0) is 24.4. The van der Waals surface area contributed by atoms with Gasteiger partial charge in [-0.15, -0.1) is 0 Å². The van der Waals surface area contributed by atoms with E-state index in [4.69, 9.17) is 9.84 Å². The van der Waals surface area contributed by atoms with Crippen molar-refractivity contribution < 1.29 is 24.2 Å². The Morgan fingerprint density at radius 1 is 0.943 bits per heavy atom. The monoisotopic (exact) mass is 471 g/mol. The summed E-state index contributed by atoms with van der Waals surface area (Å²) >= 11 is 0. The third kappa shape index (κ3) is 4.87. The van der Waals surface area contributed by atoms with Crippen molar-refractivity contribution in [2.75, 3.05) is 11.9 Å². The Labute approximate surface area is 202 Å². The number of nitrogens with one attached hydrogen (secondary N) is 2. The number of amides is 2. The highest BCUT2D eigenvalue weighted by Gasteiger charge is 2.35. The van der Waals surface area contributed by atoms with Crippen LogP contribution in [0.1, 0.15) is 35.6 Å². The van der Waals surface area contributed by atoms with E-state index in [0.29, 0.717) is 24.2 Å². The number of aromatic nitrogens is 1. The molecular formula is C27H25N3O5. The first-order valence-electron chi connectivity index (χ1n) is 11.6. The van der Waals surface area contributed by atoms with E-state index in [1.165, 1.54) is 17.3 Å². The number of pyridine rings is 1. The second-order valence-electron chi connectivity index (χ2n) is 8.94. The molecule has 0 bridgehead atoms. The summed E-state index contributed by atoms with van der Waals surface area (Å²) in [6.45, 7) is 0.218. The van der Waals surface area contributed by atoms with Crippen LogP contribution in [-0.2, 0) is 20.7 Å². The molecule has 0 saturated heterocycles. The normalized spacial score (nSPS) is 18.1. The number of benzene rings is 2. The third-order valence-corrected chi connectivity index (χ3v) is 6.61. The van der Waals surface area contributed by atoms with E-state index in [1.807, 2.05) is 24.3 Å². The van der Waals surface area contributed by atoms with Crippen LogP contribution >= 0.6 is 0 Å². The van der Waals surface area contributed by atoms with Gasteiger partial charge in [-0.05, 0) is 47.2 Å². The molecule has 3 N–H and O–H groups in total. The number of nitrogens with zero attached hydrogens (tertiary/aromatic N) is 1. The molecule has 3 aromatic rings. The van der Waals surface area contributed by atoms with Crippen molar-refractivity contribution >= 4 is 23.7 Å². The molecule has 8 nitrogen and oxygen atoms in total. The highest BCUT2D eigenvalue weighted by molar-refractivity contribution is 5.85. The molecule has 8 heteroatoms. The number of carbonyl (C=O) groups excluding carboxylic acids is 2. The van der Waals surface area contributed by atoms with Gasteiger partial charge < -0.3 is 15.2 Å². The van der Waals surface area contributed by atoms with Crippen LogP contribution in [0.2, 0.25) is 0 Å². The molecule has 1 fully saturated rings. The predicted molar refractivity (Wildman–Crippen MR) is 129 cm³/mol. The first kappa shape index (κ1) is 22.6. The van der Waals surface area contributed by atoms with Crippen LogP contribution in [0.5, 0.6) is 0 Å². The first-order valence-corrected chi connectivity index (χ1v) is 11.6. The number of aliphatic carboxylic acids is 1. The number of carbonyl (C=O) groups is 3. The van der Waals surface area contributed by atoms with Crippen molar-refractivity contribution in [3.05, 3.63) is 83.7 Å². The molecule has 2 aliphatic rings. The van der Waals surface area contributed by atoms with Crippen LogP contribution in [-0.4, -0.2) is 40.7 Å². The molecule has 2 aliphatic carbocycles. The van der Waals surface area contributed by atoms with E-state index in [9.17, 15) is 14.4 Å². The Hall–Kier alpha value is -4.20.